The van der Waals surface area contributed by atoms with Crippen LogP contribution in [0.25, 0.3) is 6.08 Å². The molecule has 0 radical (unpaired) electrons. The standard InChI is InChI=1S/C30H39N.C18H27NO.C2H6/c1-5-8-23(3)29-10-7-9-26(15-16-29)19-28(21-30-22-31-18-17-24(30)4)20-27-13-11-25(6-2)12-14-27;1-6-14(7-8-19-5)10-15-9-12(2)17(13(3)20)18(4)11-16(15)18;1-2/h6,10-14,17-19,22-23,26H,2,5,7-9,15-16,20-21H2,1,3-4H3;8-9,14,16H,6-7,10-11H2,1-5H3;1-2H3/b28-19-;;/t23-,26?;;/m1../s1. The second-order valence-corrected chi connectivity index (χ2v) is 15.9. The van der Waals surface area contributed by atoms with Gasteiger partial charge in [-0.25, -0.2) is 0 Å². The Bertz CT molecular complexity index is 1630. The number of ketones is 1. The van der Waals surface area contributed by atoms with Crippen LogP contribution in [0.3, 0.4) is 0 Å². The van der Waals surface area contributed by atoms with Crippen molar-refractivity contribution in [1.82, 2.24) is 4.98 Å². The van der Waals surface area contributed by atoms with Gasteiger partial charge in [0.1, 0.15) is 0 Å². The molecule has 1 heterocycles. The Morgan fingerprint density at radius 1 is 1.09 bits per heavy atom. The zero-order valence-corrected chi connectivity index (χ0v) is 35.2. The fourth-order valence-corrected chi connectivity index (χ4v) is 8.73. The van der Waals surface area contributed by atoms with E-state index in [0.717, 1.165) is 43.6 Å². The molecule has 1 saturated carbocycles. The molecule has 0 amide bonds. The fraction of sp³-hybridized carbons (Fsp3) is 0.540. The first-order valence-corrected chi connectivity index (χ1v) is 20.8. The molecule has 0 spiro atoms. The van der Waals surface area contributed by atoms with Crippen LogP contribution in [0.4, 0.5) is 0 Å². The van der Waals surface area contributed by atoms with Crippen molar-refractivity contribution in [2.24, 2.45) is 34.1 Å². The summed E-state index contributed by atoms with van der Waals surface area (Å²) in [5.74, 6) is 2.96. The van der Waals surface area contributed by atoms with Gasteiger partial charge in [-0.1, -0.05) is 126 Å². The van der Waals surface area contributed by atoms with E-state index in [9.17, 15) is 4.79 Å². The largest absolute Gasteiger partial charge is 0.301 e. The Balaban J connectivity index is 0.000000296. The van der Waals surface area contributed by atoms with Gasteiger partial charge in [0.05, 0.1) is 0 Å². The lowest BCUT2D eigenvalue weighted by molar-refractivity contribution is -0.114. The number of allylic oxidation sites excluding steroid dienone is 8. The third-order valence-corrected chi connectivity index (χ3v) is 11.9. The van der Waals surface area contributed by atoms with Crippen LogP contribution in [0.5, 0.6) is 0 Å². The summed E-state index contributed by atoms with van der Waals surface area (Å²) >= 11 is 0. The molecule has 0 saturated heterocycles. The van der Waals surface area contributed by atoms with Crippen LogP contribution in [-0.4, -0.2) is 24.0 Å². The van der Waals surface area contributed by atoms with Crippen molar-refractivity contribution < 1.29 is 4.79 Å². The highest BCUT2D eigenvalue weighted by Gasteiger charge is 2.57. The minimum atomic E-state index is 0.136. The van der Waals surface area contributed by atoms with E-state index >= 15 is 0 Å². The Morgan fingerprint density at radius 2 is 1.83 bits per heavy atom. The Labute approximate surface area is 325 Å². The molecule has 53 heavy (non-hydrogen) atoms. The average Bonchev–Trinajstić information content (AvgIpc) is 3.90. The van der Waals surface area contributed by atoms with Crippen LogP contribution in [-0.2, 0) is 17.6 Å². The number of fused-ring (bicyclic) bond motifs is 1. The van der Waals surface area contributed by atoms with Gasteiger partial charge in [0.2, 0.25) is 0 Å². The van der Waals surface area contributed by atoms with E-state index in [2.05, 4.69) is 107 Å². The zero-order valence-electron chi connectivity index (χ0n) is 35.2. The summed E-state index contributed by atoms with van der Waals surface area (Å²) in [4.78, 5) is 20.4. The van der Waals surface area contributed by atoms with E-state index in [0.29, 0.717) is 17.8 Å². The molecule has 5 rings (SSSR count). The number of hydrogen-bond acceptors (Lipinski definition) is 3. The Kier molecular flexibility index (Phi) is 18.1. The van der Waals surface area contributed by atoms with Crippen molar-refractivity contribution in [3.63, 3.8) is 0 Å². The molecule has 3 aliphatic carbocycles. The number of Topliss-reactive ketones (excluding diaryl/α,β-unsaturated/α-hetero) is 1. The van der Waals surface area contributed by atoms with Crippen molar-refractivity contribution in [2.45, 2.75) is 139 Å². The molecule has 1 aromatic heterocycles. The molecular formula is C50H72N2O. The lowest BCUT2D eigenvalue weighted by atomic mass is 9.79. The smallest absolute Gasteiger partial charge is 0.156 e. The van der Waals surface area contributed by atoms with Gasteiger partial charge in [-0.3, -0.25) is 9.78 Å². The lowest BCUT2D eigenvalue weighted by Gasteiger charge is -2.25. The van der Waals surface area contributed by atoms with Gasteiger partial charge in [0.15, 0.2) is 5.78 Å². The predicted octanol–water partition coefficient (Wildman–Crippen LogP) is 13.7. The molecule has 3 aliphatic rings. The number of nitrogens with zero attached hydrogens (tertiary/aromatic N) is 2. The number of pyridine rings is 1. The molecule has 5 atom stereocenters. The van der Waals surface area contributed by atoms with Crippen molar-refractivity contribution in [3.05, 3.63) is 118 Å². The molecule has 4 unspecified atom stereocenters. The highest BCUT2D eigenvalue weighted by atomic mass is 16.1. The van der Waals surface area contributed by atoms with Gasteiger partial charge < -0.3 is 4.99 Å². The molecular weight excluding hydrogens is 645 g/mol. The fourth-order valence-electron chi connectivity index (χ4n) is 8.73. The van der Waals surface area contributed by atoms with Crippen molar-refractivity contribution >= 4 is 18.1 Å². The van der Waals surface area contributed by atoms with E-state index < -0.39 is 0 Å². The summed E-state index contributed by atoms with van der Waals surface area (Å²) in [7, 11) is 1.84. The van der Waals surface area contributed by atoms with Gasteiger partial charge in [0, 0.05) is 30.4 Å². The number of carbonyl (C=O) groups excluding carboxylic acids is 1. The maximum absolute atomic E-state index is 11.9. The molecule has 0 N–H and O–H groups in total. The van der Waals surface area contributed by atoms with Crippen LogP contribution in [0.1, 0.15) is 142 Å². The van der Waals surface area contributed by atoms with E-state index in [1.807, 2.05) is 45.6 Å². The second kappa shape index (κ2) is 21.9. The second-order valence-electron chi connectivity index (χ2n) is 15.9. The highest BCUT2D eigenvalue weighted by molar-refractivity contribution is 5.97. The minimum absolute atomic E-state index is 0.136. The summed E-state index contributed by atoms with van der Waals surface area (Å²) < 4.78 is 0. The molecule has 1 fully saturated rings. The topological polar surface area (TPSA) is 42.3 Å². The minimum Gasteiger partial charge on any atom is -0.301 e. The lowest BCUT2D eigenvalue weighted by Crippen LogP contribution is -2.17. The summed E-state index contributed by atoms with van der Waals surface area (Å²) in [6, 6.07) is 11.0. The van der Waals surface area contributed by atoms with Crippen LogP contribution in [0.2, 0.25) is 0 Å². The molecule has 3 heteroatoms. The number of aromatic nitrogens is 1. The number of rotatable bonds is 15. The van der Waals surface area contributed by atoms with Crippen molar-refractivity contribution in [2.75, 3.05) is 7.05 Å². The number of carbonyl (C=O) groups is 1. The summed E-state index contributed by atoms with van der Waals surface area (Å²) in [5, 5.41) is 0. The number of hydrogen-bond donors (Lipinski definition) is 0. The quantitative estimate of drug-likeness (QED) is 0.136. The molecule has 1 aromatic carbocycles. The Hall–Kier alpha value is -3.59. The average molecular weight is 717 g/mol. The van der Waals surface area contributed by atoms with Crippen molar-refractivity contribution in [3.8, 4) is 0 Å². The SMILES string of the molecule is C=Cc1ccc(C/C(=C/C2CCC=C([C@H](C)CCC)CC2)Cc2cnccc2C)cc1.CC.CCC(CC=NC)CC1=CC(C)=C(C(C)=O)C2(C)CC12. The van der Waals surface area contributed by atoms with Gasteiger partial charge in [-0.15, -0.1) is 0 Å². The summed E-state index contributed by atoms with van der Waals surface area (Å²) in [5.41, 5.74) is 12.4. The van der Waals surface area contributed by atoms with Gasteiger partial charge in [0.25, 0.3) is 0 Å². The van der Waals surface area contributed by atoms with E-state index in [1.165, 1.54) is 78.3 Å². The maximum atomic E-state index is 11.9. The monoisotopic (exact) mass is 717 g/mol. The molecule has 288 valence electrons. The molecule has 2 aromatic rings. The zero-order chi connectivity index (χ0) is 39.0. The third kappa shape index (κ3) is 12.8. The van der Waals surface area contributed by atoms with Crippen LogP contribution in [0.15, 0.2) is 100 Å². The van der Waals surface area contributed by atoms with Gasteiger partial charge in [-0.2, -0.15) is 0 Å². The third-order valence-electron chi connectivity index (χ3n) is 11.9. The van der Waals surface area contributed by atoms with E-state index in [-0.39, 0.29) is 11.2 Å². The van der Waals surface area contributed by atoms with Crippen LogP contribution >= 0.6 is 0 Å². The summed E-state index contributed by atoms with van der Waals surface area (Å²) in [6.45, 7) is 23.1. The predicted molar refractivity (Wildman–Crippen MR) is 232 cm³/mol. The first-order valence-electron chi connectivity index (χ1n) is 20.8. The van der Waals surface area contributed by atoms with Crippen molar-refractivity contribution in [1.29, 1.82) is 0 Å². The van der Waals surface area contributed by atoms with Gasteiger partial charge in [-0.05, 0) is 149 Å². The first kappa shape index (κ1) is 43.8. The molecule has 0 bridgehead atoms. The molecule has 0 aliphatic heterocycles. The molecule has 3 nitrogen and oxygen atoms in total. The number of benzene rings is 1. The maximum Gasteiger partial charge on any atom is 0.156 e. The van der Waals surface area contributed by atoms with E-state index in [1.54, 1.807) is 18.1 Å². The Morgan fingerprint density at radius 3 is 2.45 bits per heavy atom. The number of aliphatic imine (C=N–C) groups is 1. The number of aryl methyl sites for hydroxylation is 1. The van der Waals surface area contributed by atoms with Gasteiger partial charge >= 0.3 is 0 Å². The summed E-state index contributed by atoms with van der Waals surface area (Å²) in [6.07, 6.45) is 29.5. The highest BCUT2D eigenvalue weighted by Crippen LogP contribution is 2.64. The van der Waals surface area contributed by atoms with E-state index in [4.69, 9.17) is 0 Å². The first-order chi connectivity index (χ1) is 25.5. The van der Waals surface area contributed by atoms with Crippen LogP contribution < -0.4 is 0 Å². The normalized spacial score (nSPS) is 22.2. The van der Waals surface area contributed by atoms with Crippen LogP contribution in [0, 0.1) is 36.0 Å².